The van der Waals surface area contributed by atoms with Crippen molar-refractivity contribution in [3.05, 3.63) is 64.7 Å². The van der Waals surface area contributed by atoms with E-state index in [1.165, 1.54) is 12.1 Å². The molecule has 1 heterocycles. The van der Waals surface area contributed by atoms with Crippen LogP contribution in [-0.4, -0.2) is 34.9 Å². The molecule has 8 heteroatoms. The molecule has 0 aromatic heterocycles. The molecule has 1 aliphatic heterocycles. The molecule has 0 bridgehead atoms. The molecule has 0 spiro atoms. The predicted octanol–water partition coefficient (Wildman–Crippen LogP) is 3.72. The Morgan fingerprint density at radius 1 is 1.13 bits per heavy atom. The molecule has 2 aromatic rings. The summed E-state index contributed by atoms with van der Waals surface area (Å²) in [5, 5.41) is 22.7. The Morgan fingerprint density at radius 2 is 1.90 bits per heavy atom. The zero-order valence-electron chi connectivity index (χ0n) is 16.6. The minimum atomic E-state index is -4.48. The van der Waals surface area contributed by atoms with E-state index in [4.69, 9.17) is 4.74 Å². The van der Waals surface area contributed by atoms with E-state index in [2.05, 4.69) is 5.32 Å². The van der Waals surface area contributed by atoms with Crippen LogP contribution in [0.25, 0.3) is 5.57 Å². The van der Waals surface area contributed by atoms with E-state index in [0.717, 1.165) is 23.3 Å². The number of nitrogens with one attached hydrogen (secondary N) is 1. The largest absolute Gasteiger partial charge is 0.493 e. The fourth-order valence-electron chi connectivity index (χ4n) is 4.03. The molecule has 0 saturated carbocycles. The second-order valence-corrected chi connectivity index (χ2v) is 7.81. The van der Waals surface area contributed by atoms with Gasteiger partial charge in [-0.2, -0.15) is 13.2 Å². The van der Waals surface area contributed by atoms with Crippen molar-refractivity contribution in [1.29, 1.82) is 0 Å². The number of aliphatic hydroxyl groups is 2. The smallest absolute Gasteiger partial charge is 0.416 e. The van der Waals surface area contributed by atoms with Gasteiger partial charge < -0.3 is 20.3 Å². The van der Waals surface area contributed by atoms with Crippen LogP contribution in [0.1, 0.15) is 35.1 Å². The Hall–Kier alpha value is -2.84. The van der Waals surface area contributed by atoms with Crippen molar-refractivity contribution in [3.63, 3.8) is 0 Å². The van der Waals surface area contributed by atoms with Crippen LogP contribution in [-0.2, 0) is 23.8 Å². The molecule has 2 atom stereocenters. The summed E-state index contributed by atoms with van der Waals surface area (Å²) in [5.41, 5.74) is 2.44. The topological polar surface area (TPSA) is 78.8 Å². The third kappa shape index (κ3) is 4.60. The highest BCUT2D eigenvalue weighted by Gasteiger charge is 2.32. The minimum absolute atomic E-state index is 0.112. The van der Waals surface area contributed by atoms with Gasteiger partial charge in [0.2, 0.25) is 5.91 Å². The number of carbonyl (C=O) groups is 1. The maximum atomic E-state index is 13.0. The van der Waals surface area contributed by atoms with Crippen molar-refractivity contribution < 1.29 is 32.9 Å². The van der Waals surface area contributed by atoms with E-state index in [1.807, 2.05) is 6.07 Å². The molecule has 1 aliphatic carbocycles. The highest BCUT2D eigenvalue weighted by Crippen LogP contribution is 2.38. The van der Waals surface area contributed by atoms with Crippen LogP contribution in [0.4, 0.5) is 18.9 Å². The van der Waals surface area contributed by atoms with Gasteiger partial charge in [0, 0.05) is 30.2 Å². The predicted molar refractivity (Wildman–Crippen MR) is 109 cm³/mol. The molecule has 0 unspecified atom stereocenters. The number of alkyl halides is 3. The van der Waals surface area contributed by atoms with Crippen molar-refractivity contribution in [1.82, 2.24) is 0 Å². The van der Waals surface area contributed by atoms with Gasteiger partial charge in [-0.05, 0) is 47.7 Å². The lowest BCUT2D eigenvalue weighted by molar-refractivity contribution is -0.137. The van der Waals surface area contributed by atoms with Gasteiger partial charge in [-0.1, -0.05) is 18.2 Å². The number of fused-ring (bicyclic) bond motifs is 2. The Morgan fingerprint density at radius 3 is 2.68 bits per heavy atom. The molecule has 4 rings (SSSR count). The average Bonchev–Trinajstić information content (AvgIpc) is 2.90. The third-order valence-corrected chi connectivity index (χ3v) is 5.63. The quantitative estimate of drug-likeness (QED) is 0.631. The number of benzene rings is 2. The third-order valence-electron chi connectivity index (χ3n) is 5.63. The molecule has 0 radical (unpaired) electrons. The van der Waals surface area contributed by atoms with Gasteiger partial charge in [0.05, 0.1) is 24.4 Å². The van der Waals surface area contributed by atoms with Gasteiger partial charge in [0.15, 0.2) is 0 Å². The van der Waals surface area contributed by atoms with Crippen molar-refractivity contribution in [2.45, 2.75) is 44.1 Å². The number of ether oxygens (including phenoxy) is 1. The van der Waals surface area contributed by atoms with Crippen LogP contribution in [0.15, 0.2) is 42.5 Å². The Kier molecular flexibility index (Phi) is 5.77. The fourth-order valence-corrected chi connectivity index (χ4v) is 4.03. The Labute approximate surface area is 177 Å². The minimum Gasteiger partial charge on any atom is -0.493 e. The summed E-state index contributed by atoms with van der Waals surface area (Å²) in [4.78, 5) is 12.7. The van der Waals surface area contributed by atoms with Gasteiger partial charge in [0.25, 0.3) is 0 Å². The van der Waals surface area contributed by atoms with E-state index >= 15 is 0 Å². The summed E-state index contributed by atoms with van der Waals surface area (Å²) >= 11 is 0. The number of halogens is 3. The van der Waals surface area contributed by atoms with Crippen molar-refractivity contribution in [2.24, 2.45) is 0 Å². The van der Waals surface area contributed by atoms with Crippen LogP contribution in [0, 0.1) is 0 Å². The molecule has 0 saturated heterocycles. The lowest BCUT2D eigenvalue weighted by Crippen LogP contribution is -2.35. The fraction of sp³-hybridized carbons (Fsp3) is 0.348. The lowest BCUT2D eigenvalue weighted by Gasteiger charge is -2.27. The van der Waals surface area contributed by atoms with Crippen LogP contribution >= 0.6 is 0 Å². The summed E-state index contributed by atoms with van der Waals surface area (Å²) in [6.45, 7) is 0.264. The lowest BCUT2D eigenvalue weighted by atomic mass is 9.86. The summed E-state index contributed by atoms with van der Waals surface area (Å²) in [6, 6.07) is 8.62. The first-order valence-corrected chi connectivity index (χ1v) is 10.1. The van der Waals surface area contributed by atoms with Crippen LogP contribution < -0.4 is 10.1 Å². The van der Waals surface area contributed by atoms with Gasteiger partial charge in [-0.25, -0.2) is 0 Å². The Balaban J connectivity index is 1.60. The molecule has 5 nitrogen and oxygen atoms in total. The van der Waals surface area contributed by atoms with Crippen LogP contribution in [0.2, 0.25) is 0 Å². The van der Waals surface area contributed by atoms with Gasteiger partial charge in [-0.3, -0.25) is 4.79 Å². The van der Waals surface area contributed by atoms with Crippen molar-refractivity contribution in [3.8, 4) is 5.75 Å². The van der Waals surface area contributed by atoms with Gasteiger partial charge in [0.1, 0.15) is 5.75 Å². The number of hydrogen-bond donors (Lipinski definition) is 3. The SMILES string of the molecule is O=C(C=C1CCCOc2cc(C(F)(F)F)ccc21)Nc1cccc2c1C[C@H](O)[C@@H](O)C2. The molecule has 1 amide bonds. The number of rotatable bonds is 2. The van der Waals surface area contributed by atoms with E-state index in [1.54, 1.807) is 12.1 Å². The highest BCUT2D eigenvalue weighted by molar-refractivity contribution is 6.04. The first kappa shape index (κ1) is 21.4. The van der Waals surface area contributed by atoms with Crippen LogP contribution in [0.5, 0.6) is 5.75 Å². The molecular weight excluding hydrogens is 411 g/mol. The number of anilines is 1. The zero-order valence-corrected chi connectivity index (χ0v) is 16.6. The number of amides is 1. The molecule has 31 heavy (non-hydrogen) atoms. The summed E-state index contributed by atoms with van der Waals surface area (Å²) in [7, 11) is 0. The van der Waals surface area contributed by atoms with E-state index < -0.39 is 29.9 Å². The Bertz CT molecular complexity index is 1030. The normalized spacial score (nSPS) is 22.2. The molecule has 164 valence electrons. The van der Waals surface area contributed by atoms with Gasteiger partial charge >= 0.3 is 6.18 Å². The number of hydrogen-bond acceptors (Lipinski definition) is 4. The molecular formula is C23H22F3NO4. The molecule has 2 aliphatic rings. The molecule has 0 fully saturated rings. The van der Waals surface area contributed by atoms with Crippen LogP contribution in [0.3, 0.4) is 0 Å². The maximum absolute atomic E-state index is 13.0. The maximum Gasteiger partial charge on any atom is 0.416 e. The summed E-state index contributed by atoms with van der Waals surface area (Å²) in [6.07, 6.45) is -3.26. The molecule has 2 aromatic carbocycles. The monoisotopic (exact) mass is 433 g/mol. The van der Waals surface area contributed by atoms with Crippen molar-refractivity contribution >= 4 is 17.2 Å². The average molecular weight is 433 g/mol. The highest BCUT2D eigenvalue weighted by atomic mass is 19.4. The standard InChI is InChI=1S/C23H22F3NO4/c24-23(25,26)15-6-7-16-14(4-2-8-31-21(16)11-15)10-22(30)27-18-5-1-3-13-9-19(28)20(29)12-17(13)18/h1,3,5-7,10-11,19-20,28-29H,2,4,8-9,12H2,(H,27,30)/t19-,20-/m0/s1. The summed E-state index contributed by atoms with van der Waals surface area (Å²) < 4.78 is 44.6. The van der Waals surface area contributed by atoms with E-state index in [0.29, 0.717) is 36.1 Å². The number of carbonyl (C=O) groups excluding carboxylic acids is 1. The second kappa shape index (κ2) is 8.36. The summed E-state index contributed by atoms with van der Waals surface area (Å²) in [5.74, 6) is -0.308. The number of allylic oxidation sites excluding steroid dienone is 1. The van der Waals surface area contributed by atoms with Crippen molar-refractivity contribution in [2.75, 3.05) is 11.9 Å². The van der Waals surface area contributed by atoms with E-state index in [-0.39, 0.29) is 18.8 Å². The first-order chi connectivity index (χ1) is 14.7. The number of aliphatic hydroxyl groups excluding tert-OH is 2. The second-order valence-electron chi connectivity index (χ2n) is 7.81. The first-order valence-electron chi connectivity index (χ1n) is 10.1. The van der Waals surface area contributed by atoms with Gasteiger partial charge in [-0.15, -0.1) is 0 Å². The molecule has 3 N–H and O–H groups in total. The van der Waals surface area contributed by atoms with E-state index in [9.17, 15) is 28.2 Å². The zero-order chi connectivity index (χ0) is 22.2.